The highest BCUT2D eigenvalue weighted by Crippen LogP contribution is 2.21. The number of likely N-dealkylation sites (tertiary alicyclic amines) is 1. The number of carbonyl (C=O) groups excluding carboxylic acids is 2. The molecule has 90 valence electrons. The number of carbonyl (C=O) groups is 2. The Kier molecular flexibility index (Phi) is 3.39. The van der Waals surface area contributed by atoms with Crippen molar-refractivity contribution in [3.63, 3.8) is 0 Å². The van der Waals surface area contributed by atoms with Gasteiger partial charge in [0.2, 0.25) is 5.91 Å². The van der Waals surface area contributed by atoms with Gasteiger partial charge in [-0.05, 0) is 19.3 Å². The molecule has 0 saturated carbocycles. The molecule has 2 aliphatic heterocycles. The third kappa shape index (κ3) is 2.32. The van der Waals surface area contributed by atoms with Crippen LogP contribution < -0.4 is 11.1 Å². The summed E-state index contributed by atoms with van der Waals surface area (Å²) in [4.78, 5) is 24.8. The summed E-state index contributed by atoms with van der Waals surface area (Å²) < 4.78 is 0. The Morgan fingerprint density at radius 2 is 2.44 bits per heavy atom. The van der Waals surface area contributed by atoms with Gasteiger partial charge in [-0.15, -0.1) is 0 Å². The lowest BCUT2D eigenvalue weighted by atomic mass is 10.0. The van der Waals surface area contributed by atoms with Crippen LogP contribution in [0.15, 0.2) is 0 Å². The second kappa shape index (κ2) is 4.63. The number of nitrogens with one attached hydrogen (secondary N) is 1. The van der Waals surface area contributed by atoms with Gasteiger partial charge >= 0.3 is 0 Å². The lowest BCUT2D eigenvalue weighted by molar-refractivity contribution is -0.131. The third-order valence-corrected chi connectivity index (χ3v) is 4.13. The monoisotopic (exact) mass is 243 g/mol. The van der Waals surface area contributed by atoms with Crippen molar-refractivity contribution in [1.29, 1.82) is 0 Å². The van der Waals surface area contributed by atoms with Crippen LogP contribution in [0, 0.1) is 5.92 Å². The molecule has 2 fully saturated rings. The summed E-state index contributed by atoms with van der Waals surface area (Å²) >= 11 is 1.18. The van der Waals surface area contributed by atoms with E-state index in [0.717, 1.165) is 19.5 Å². The molecule has 0 aromatic heterocycles. The maximum absolute atomic E-state index is 12.0. The van der Waals surface area contributed by atoms with Gasteiger partial charge in [-0.2, -0.15) is 0 Å². The Morgan fingerprint density at radius 3 is 2.94 bits per heavy atom. The molecule has 0 aromatic carbocycles. The van der Waals surface area contributed by atoms with Crippen LogP contribution in [0.1, 0.15) is 13.3 Å². The van der Waals surface area contributed by atoms with E-state index in [9.17, 15) is 9.59 Å². The summed E-state index contributed by atoms with van der Waals surface area (Å²) in [5.74, 6) is 0.993. The molecule has 3 unspecified atom stereocenters. The number of thioether (sulfide) groups is 1. The topological polar surface area (TPSA) is 75.4 Å². The molecule has 16 heavy (non-hydrogen) atoms. The molecule has 3 N–H and O–H groups in total. The first kappa shape index (κ1) is 11.7. The molecule has 0 aliphatic carbocycles. The van der Waals surface area contributed by atoms with Crippen molar-refractivity contribution in [2.75, 3.05) is 18.8 Å². The molecule has 0 aromatic rings. The zero-order valence-corrected chi connectivity index (χ0v) is 10.1. The van der Waals surface area contributed by atoms with Crippen molar-refractivity contribution >= 4 is 22.9 Å². The number of hydrogen-bond acceptors (Lipinski definition) is 4. The third-order valence-electron chi connectivity index (χ3n) is 3.25. The van der Waals surface area contributed by atoms with Crippen LogP contribution in [0.3, 0.4) is 0 Å². The number of amides is 2. The van der Waals surface area contributed by atoms with E-state index in [-0.39, 0.29) is 23.2 Å². The van der Waals surface area contributed by atoms with Gasteiger partial charge in [0.1, 0.15) is 6.04 Å². The molecular weight excluding hydrogens is 226 g/mol. The second-order valence-electron chi connectivity index (χ2n) is 4.49. The Labute approximate surface area is 99.1 Å². The molecule has 3 atom stereocenters. The van der Waals surface area contributed by atoms with Crippen LogP contribution in [0.25, 0.3) is 0 Å². The molecule has 0 spiro atoms. The van der Waals surface area contributed by atoms with E-state index in [0.29, 0.717) is 11.7 Å². The Hall–Kier alpha value is -0.750. The quantitative estimate of drug-likeness (QED) is 0.716. The molecule has 2 aliphatic rings. The first-order valence-electron chi connectivity index (χ1n) is 5.55. The van der Waals surface area contributed by atoms with E-state index in [1.165, 1.54) is 11.8 Å². The van der Waals surface area contributed by atoms with Crippen LogP contribution in [0.2, 0.25) is 0 Å². The van der Waals surface area contributed by atoms with Crippen LogP contribution in [0.5, 0.6) is 0 Å². The molecule has 2 heterocycles. The first-order chi connectivity index (χ1) is 7.58. The number of nitrogens with two attached hydrogens (primary N) is 1. The zero-order chi connectivity index (χ0) is 11.7. The SMILES string of the molecule is CC(N)C1CCN(C(=O)C2CSC(=O)N2)C1. The molecule has 0 radical (unpaired) electrons. The fourth-order valence-corrected chi connectivity index (χ4v) is 2.92. The average molecular weight is 243 g/mol. The highest BCUT2D eigenvalue weighted by molar-refractivity contribution is 8.14. The van der Waals surface area contributed by atoms with E-state index in [1.807, 2.05) is 11.8 Å². The fourth-order valence-electron chi connectivity index (χ4n) is 2.15. The Balaban J connectivity index is 1.89. The van der Waals surface area contributed by atoms with Gasteiger partial charge in [0.05, 0.1) is 0 Å². The van der Waals surface area contributed by atoms with E-state index in [1.54, 1.807) is 0 Å². The Morgan fingerprint density at radius 1 is 1.69 bits per heavy atom. The molecule has 2 rings (SSSR count). The van der Waals surface area contributed by atoms with Gasteiger partial charge in [0, 0.05) is 24.9 Å². The standard InChI is InChI=1S/C10H17N3O2S/c1-6(11)7-2-3-13(4-7)9(14)8-5-16-10(15)12-8/h6-8H,2-5,11H2,1H3,(H,12,15). The van der Waals surface area contributed by atoms with Gasteiger partial charge in [-0.3, -0.25) is 9.59 Å². The molecule has 2 amide bonds. The summed E-state index contributed by atoms with van der Waals surface area (Å²) in [6.07, 6.45) is 0.969. The second-order valence-corrected chi connectivity index (χ2v) is 5.48. The predicted molar refractivity (Wildman–Crippen MR) is 63.1 cm³/mol. The minimum Gasteiger partial charge on any atom is -0.341 e. The lowest BCUT2D eigenvalue weighted by Crippen LogP contribution is -2.45. The van der Waals surface area contributed by atoms with Gasteiger partial charge in [0.25, 0.3) is 5.24 Å². The number of rotatable bonds is 2. The fraction of sp³-hybridized carbons (Fsp3) is 0.800. The van der Waals surface area contributed by atoms with Gasteiger partial charge in [0.15, 0.2) is 0 Å². The van der Waals surface area contributed by atoms with Crippen molar-refractivity contribution in [2.45, 2.75) is 25.4 Å². The molecule has 0 bridgehead atoms. The van der Waals surface area contributed by atoms with E-state index < -0.39 is 0 Å². The normalized spacial score (nSPS) is 31.6. The summed E-state index contributed by atoms with van der Waals surface area (Å²) in [6.45, 7) is 3.47. The Bertz CT molecular complexity index is 308. The van der Waals surface area contributed by atoms with Crippen LogP contribution >= 0.6 is 11.8 Å². The van der Waals surface area contributed by atoms with Crippen molar-refractivity contribution in [3.8, 4) is 0 Å². The van der Waals surface area contributed by atoms with E-state index in [4.69, 9.17) is 5.73 Å². The van der Waals surface area contributed by atoms with Crippen molar-refractivity contribution < 1.29 is 9.59 Å². The van der Waals surface area contributed by atoms with Crippen LogP contribution in [-0.4, -0.2) is 47.0 Å². The summed E-state index contributed by atoms with van der Waals surface area (Å²) in [5.41, 5.74) is 5.82. The van der Waals surface area contributed by atoms with Crippen molar-refractivity contribution in [1.82, 2.24) is 10.2 Å². The van der Waals surface area contributed by atoms with Crippen molar-refractivity contribution in [3.05, 3.63) is 0 Å². The largest absolute Gasteiger partial charge is 0.341 e. The smallest absolute Gasteiger partial charge is 0.279 e. The average Bonchev–Trinajstić information content (AvgIpc) is 2.84. The number of nitrogens with zero attached hydrogens (tertiary/aromatic N) is 1. The van der Waals surface area contributed by atoms with Gasteiger partial charge < -0.3 is 16.0 Å². The molecule has 2 saturated heterocycles. The van der Waals surface area contributed by atoms with Crippen LogP contribution in [-0.2, 0) is 4.79 Å². The maximum atomic E-state index is 12.0. The maximum Gasteiger partial charge on any atom is 0.279 e. The van der Waals surface area contributed by atoms with Gasteiger partial charge in [-0.1, -0.05) is 11.8 Å². The molecule has 5 nitrogen and oxygen atoms in total. The van der Waals surface area contributed by atoms with Crippen molar-refractivity contribution in [2.24, 2.45) is 11.7 Å². The predicted octanol–water partition coefficient (Wildman–Crippen LogP) is 0.00710. The minimum absolute atomic E-state index is 0.0431. The summed E-state index contributed by atoms with van der Waals surface area (Å²) in [7, 11) is 0. The molecular formula is C10H17N3O2S. The highest BCUT2D eigenvalue weighted by atomic mass is 32.2. The minimum atomic E-state index is -0.329. The molecule has 6 heteroatoms. The lowest BCUT2D eigenvalue weighted by Gasteiger charge is -2.21. The van der Waals surface area contributed by atoms with E-state index in [2.05, 4.69) is 5.32 Å². The van der Waals surface area contributed by atoms with Crippen LogP contribution in [0.4, 0.5) is 4.79 Å². The van der Waals surface area contributed by atoms with E-state index >= 15 is 0 Å². The zero-order valence-electron chi connectivity index (χ0n) is 9.31. The first-order valence-corrected chi connectivity index (χ1v) is 6.54. The van der Waals surface area contributed by atoms with Gasteiger partial charge in [-0.25, -0.2) is 0 Å². The summed E-state index contributed by atoms with van der Waals surface area (Å²) in [6, 6.07) is -0.199. The summed E-state index contributed by atoms with van der Waals surface area (Å²) in [5, 5.41) is 2.58. The highest BCUT2D eigenvalue weighted by Gasteiger charge is 2.35. The number of hydrogen-bond donors (Lipinski definition) is 2.